The first-order valence-corrected chi connectivity index (χ1v) is 6.26. The minimum Gasteiger partial charge on any atom is -0.496 e. The van der Waals surface area contributed by atoms with Crippen molar-refractivity contribution in [1.82, 2.24) is 0 Å². The number of ether oxygens (including phenoxy) is 2. The van der Waals surface area contributed by atoms with E-state index >= 15 is 0 Å². The molecule has 2 rings (SSSR count). The van der Waals surface area contributed by atoms with E-state index in [9.17, 15) is 4.79 Å². The lowest BCUT2D eigenvalue weighted by molar-refractivity contribution is 0.103. The highest BCUT2D eigenvalue weighted by atomic mass is 35.5. The number of hydrogen-bond acceptors (Lipinski definition) is 4. The van der Waals surface area contributed by atoms with Gasteiger partial charge in [0.25, 0.3) is 0 Å². The minimum atomic E-state index is -0.184. The number of hydrogen-bond donors (Lipinski definition) is 1. The summed E-state index contributed by atoms with van der Waals surface area (Å²) in [5, 5.41) is 0.387. The molecule has 0 radical (unpaired) electrons. The van der Waals surface area contributed by atoms with Gasteiger partial charge in [0.1, 0.15) is 11.5 Å². The molecule has 2 N–H and O–H groups in total. The summed E-state index contributed by atoms with van der Waals surface area (Å²) in [4.78, 5) is 12.5. The summed E-state index contributed by atoms with van der Waals surface area (Å²) in [6, 6.07) is 9.81. The number of methoxy groups -OCH3 is 2. The average molecular weight is 292 g/mol. The Morgan fingerprint density at radius 3 is 2.20 bits per heavy atom. The van der Waals surface area contributed by atoms with Gasteiger partial charge >= 0.3 is 0 Å². The van der Waals surface area contributed by atoms with E-state index in [4.69, 9.17) is 26.8 Å². The van der Waals surface area contributed by atoms with Crippen LogP contribution in [0.1, 0.15) is 15.9 Å². The Balaban J connectivity index is 2.50. The van der Waals surface area contributed by atoms with Gasteiger partial charge in [0.15, 0.2) is 5.78 Å². The lowest BCUT2D eigenvalue weighted by atomic mass is 10.0. The standard InChI is InChI=1S/C15H14ClNO3/c1-19-13-8-12(16)14(20-2)7-11(13)15(18)9-3-5-10(17)6-4-9/h3-8H,17H2,1-2H3. The second kappa shape index (κ2) is 5.84. The first-order valence-electron chi connectivity index (χ1n) is 5.88. The Hall–Kier alpha value is -2.20. The zero-order valence-electron chi connectivity index (χ0n) is 11.1. The van der Waals surface area contributed by atoms with Crippen molar-refractivity contribution in [2.24, 2.45) is 0 Å². The SMILES string of the molecule is COc1cc(C(=O)c2ccc(N)cc2)c(OC)cc1Cl. The molecule has 104 valence electrons. The molecule has 4 nitrogen and oxygen atoms in total. The van der Waals surface area contributed by atoms with E-state index in [-0.39, 0.29) is 5.78 Å². The van der Waals surface area contributed by atoms with E-state index in [2.05, 4.69) is 0 Å². The minimum absolute atomic E-state index is 0.184. The largest absolute Gasteiger partial charge is 0.496 e. The molecule has 0 fully saturated rings. The summed E-state index contributed by atoms with van der Waals surface area (Å²) in [7, 11) is 2.98. The second-order valence-corrected chi connectivity index (χ2v) is 4.55. The molecule has 0 spiro atoms. The first-order chi connectivity index (χ1) is 9.56. The maximum absolute atomic E-state index is 12.5. The quantitative estimate of drug-likeness (QED) is 0.694. The molecule has 20 heavy (non-hydrogen) atoms. The van der Waals surface area contributed by atoms with Crippen molar-refractivity contribution >= 4 is 23.1 Å². The predicted molar refractivity (Wildman–Crippen MR) is 78.8 cm³/mol. The summed E-state index contributed by atoms with van der Waals surface area (Å²) in [5.41, 5.74) is 7.12. The van der Waals surface area contributed by atoms with Crippen LogP contribution in [0.5, 0.6) is 11.5 Å². The molecular formula is C15H14ClNO3. The third kappa shape index (κ3) is 2.70. The van der Waals surface area contributed by atoms with Crippen molar-refractivity contribution in [3.8, 4) is 11.5 Å². The van der Waals surface area contributed by atoms with Gasteiger partial charge in [-0.3, -0.25) is 4.79 Å². The van der Waals surface area contributed by atoms with Crippen molar-refractivity contribution in [1.29, 1.82) is 0 Å². The van der Waals surface area contributed by atoms with E-state index in [1.807, 2.05) is 0 Å². The van der Waals surface area contributed by atoms with E-state index < -0.39 is 0 Å². The summed E-state index contributed by atoms with van der Waals surface area (Å²) >= 11 is 6.02. The predicted octanol–water partition coefficient (Wildman–Crippen LogP) is 3.17. The van der Waals surface area contributed by atoms with E-state index in [0.29, 0.717) is 33.3 Å². The van der Waals surface area contributed by atoms with Gasteiger partial charge in [0, 0.05) is 17.3 Å². The van der Waals surface area contributed by atoms with Crippen molar-refractivity contribution in [3.05, 3.63) is 52.5 Å². The summed E-state index contributed by atoms with van der Waals surface area (Å²) in [6.07, 6.45) is 0. The van der Waals surface area contributed by atoms with Crippen LogP contribution in [-0.4, -0.2) is 20.0 Å². The number of halogens is 1. The second-order valence-electron chi connectivity index (χ2n) is 4.14. The van der Waals surface area contributed by atoms with Crippen LogP contribution >= 0.6 is 11.6 Å². The third-order valence-electron chi connectivity index (χ3n) is 2.89. The van der Waals surface area contributed by atoms with Crippen LogP contribution in [-0.2, 0) is 0 Å². The van der Waals surface area contributed by atoms with Crippen LogP contribution in [0.3, 0.4) is 0 Å². The monoisotopic (exact) mass is 291 g/mol. The zero-order chi connectivity index (χ0) is 14.7. The van der Waals surface area contributed by atoms with Gasteiger partial charge in [0.2, 0.25) is 0 Å². The first kappa shape index (κ1) is 14.2. The van der Waals surface area contributed by atoms with Gasteiger partial charge in [-0.2, -0.15) is 0 Å². The average Bonchev–Trinajstić information content (AvgIpc) is 2.47. The molecule has 0 saturated carbocycles. The van der Waals surface area contributed by atoms with E-state index in [1.54, 1.807) is 36.4 Å². The molecule has 0 bridgehead atoms. The zero-order valence-corrected chi connectivity index (χ0v) is 11.9. The molecule has 0 aliphatic heterocycles. The van der Waals surface area contributed by atoms with Crippen molar-refractivity contribution < 1.29 is 14.3 Å². The molecular weight excluding hydrogens is 278 g/mol. The van der Waals surface area contributed by atoms with E-state index in [0.717, 1.165) is 0 Å². The Kier molecular flexibility index (Phi) is 4.15. The molecule has 0 aliphatic carbocycles. The number of rotatable bonds is 4. The fourth-order valence-corrected chi connectivity index (χ4v) is 2.06. The van der Waals surface area contributed by atoms with Crippen LogP contribution in [0.4, 0.5) is 5.69 Å². The van der Waals surface area contributed by atoms with E-state index in [1.165, 1.54) is 14.2 Å². The molecule has 5 heteroatoms. The molecule has 0 unspecified atom stereocenters. The van der Waals surface area contributed by atoms with Crippen LogP contribution < -0.4 is 15.2 Å². The van der Waals surface area contributed by atoms with Crippen molar-refractivity contribution in [2.75, 3.05) is 20.0 Å². The number of carbonyl (C=O) groups is 1. The van der Waals surface area contributed by atoms with Gasteiger partial charge < -0.3 is 15.2 Å². The lowest BCUT2D eigenvalue weighted by Gasteiger charge is -2.11. The fraction of sp³-hybridized carbons (Fsp3) is 0.133. The maximum atomic E-state index is 12.5. The van der Waals surface area contributed by atoms with Gasteiger partial charge in [-0.05, 0) is 30.3 Å². The topological polar surface area (TPSA) is 61.5 Å². The normalized spacial score (nSPS) is 10.2. The molecule has 0 aromatic heterocycles. The Morgan fingerprint density at radius 2 is 1.65 bits per heavy atom. The number of carbonyl (C=O) groups excluding carboxylic acids is 1. The molecule has 0 saturated heterocycles. The third-order valence-corrected chi connectivity index (χ3v) is 3.19. The summed E-state index contributed by atoms with van der Waals surface area (Å²) in [5.74, 6) is 0.640. The van der Waals surface area contributed by atoms with Crippen LogP contribution in [0.15, 0.2) is 36.4 Å². The molecule has 0 aliphatic rings. The molecule has 0 amide bonds. The summed E-state index contributed by atoms with van der Waals surface area (Å²) < 4.78 is 10.3. The number of nitrogens with two attached hydrogens (primary N) is 1. The number of nitrogen functional groups attached to an aromatic ring is 1. The Morgan fingerprint density at radius 1 is 1.05 bits per heavy atom. The smallest absolute Gasteiger partial charge is 0.196 e. The number of benzene rings is 2. The highest BCUT2D eigenvalue weighted by molar-refractivity contribution is 6.32. The van der Waals surface area contributed by atoms with Gasteiger partial charge in [-0.15, -0.1) is 0 Å². The maximum Gasteiger partial charge on any atom is 0.196 e. The van der Waals surface area contributed by atoms with Crippen LogP contribution in [0, 0.1) is 0 Å². The Labute approximate surface area is 122 Å². The Bertz CT molecular complexity index is 638. The summed E-state index contributed by atoms with van der Waals surface area (Å²) in [6.45, 7) is 0. The molecule has 0 atom stereocenters. The van der Waals surface area contributed by atoms with Crippen molar-refractivity contribution in [2.45, 2.75) is 0 Å². The van der Waals surface area contributed by atoms with Crippen molar-refractivity contribution in [3.63, 3.8) is 0 Å². The van der Waals surface area contributed by atoms with Gasteiger partial charge in [-0.1, -0.05) is 11.6 Å². The molecule has 0 heterocycles. The van der Waals surface area contributed by atoms with Crippen LogP contribution in [0.25, 0.3) is 0 Å². The molecule has 2 aromatic carbocycles. The lowest BCUT2D eigenvalue weighted by Crippen LogP contribution is -2.05. The number of ketones is 1. The highest BCUT2D eigenvalue weighted by Crippen LogP contribution is 2.33. The van der Waals surface area contributed by atoms with Crippen LogP contribution in [0.2, 0.25) is 5.02 Å². The number of anilines is 1. The molecule has 2 aromatic rings. The highest BCUT2D eigenvalue weighted by Gasteiger charge is 2.17. The van der Waals surface area contributed by atoms with Gasteiger partial charge in [-0.25, -0.2) is 0 Å². The van der Waals surface area contributed by atoms with Gasteiger partial charge in [0.05, 0.1) is 24.8 Å². The fourth-order valence-electron chi connectivity index (χ4n) is 1.83.